The molecule has 0 saturated carbocycles. The molecular formula is C11H13ClN2. The van der Waals surface area contributed by atoms with Gasteiger partial charge in [0.05, 0.1) is 6.07 Å². The first kappa shape index (κ1) is 11.0. The average molecular weight is 209 g/mol. The Bertz CT molecular complexity index is 330. The molecule has 14 heavy (non-hydrogen) atoms. The second-order valence-electron chi connectivity index (χ2n) is 3.14. The second-order valence-corrected chi connectivity index (χ2v) is 3.58. The molecule has 0 aliphatic carbocycles. The molecule has 74 valence electrons. The highest BCUT2D eigenvalue weighted by atomic mass is 35.5. The number of nitrogens with zero attached hydrogens (tertiary/aromatic N) is 1. The summed E-state index contributed by atoms with van der Waals surface area (Å²) < 4.78 is 0. The lowest BCUT2D eigenvalue weighted by atomic mass is 10.1. The zero-order valence-electron chi connectivity index (χ0n) is 8.13. The van der Waals surface area contributed by atoms with E-state index < -0.39 is 0 Å². The summed E-state index contributed by atoms with van der Waals surface area (Å²) in [5.74, 6) is 0. The van der Waals surface area contributed by atoms with E-state index in [2.05, 4.69) is 18.3 Å². The minimum absolute atomic E-state index is 0.238. The number of rotatable bonds is 4. The van der Waals surface area contributed by atoms with E-state index in [4.69, 9.17) is 16.9 Å². The fourth-order valence-corrected chi connectivity index (χ4v) is 1.44. The van der Waals surface area contributed by atoms with Crippen molar-refractivity contribution in [3.63, 3.8) is 0 Å². The van der Waals surface area contributed by atoms with Crippen molar-refractivity contribution in [2.75, 3.05) is 6.54 Å². The Labute approximate surface area is 89.5 Å². The maximum absolute atomic E-state index is 8.38. The highest BCUT2D eigenvalue weighted by molar-refractivity contribution is 6.30. The molecular weight excluding hydrogens is 196 g/mol. The fraction of sp³-hybridized carbons (Fsp3) is 0.364. The SMILES string of the molecule is C[C@@H](NCCC#N)c1cccc(Cl)c1. The van der Waals surface area contributed by atoms with Gasteiger partial charge < -0.3 is 5.32 Å². The monoisotopic (exact) mass is 208 g/mol. The smallest absolute Gasteiger partial charge is 0.0635 e. The molecule has 1 atom stereocenters. The molecule has 1 aromatic carbocycles. The highest BCUT2D eigenvalue weighted by Crippen LogP contribution is 2.16. The molecule has 0 radical (unpaired) electrons. The van der Waals surface area contributed by atoms with E-state index >= 15 is 0 Å². The van der Waals surface area contributed by atoms with E-state index in [1.54, 1.807) is 0 Å². The number of benzene rings is 1. The third kappa shape index (κ3) is 3.37. The van der Waals surface area contributed by atoms with E-state index in [0.717, 1.165) is 10.6 Å². The van der Waals surface area contributed by atoms with E-state index in [1.807, 2.05) is 24.3 Å². The minimum atomic E-state index is 0.238. The van der Waals surface area contributed by atoms with Gasteiger partial charge in [0, 0.05) is 24.0 Å². The third-order valence-electron chi connectivity index (χ3n) is 2.04. The molecule has 0 amide bonds. The molecule has 0 spiro atoms. The van der Waals surface area contributed by atoms with Crippen LogP contribution in [0.1, 0.15) is 24.9 Å². The van der Waals surface area contributed by atoms with Crippen molar-refractivity contribution in [2.45, 2.75) is 19.4 Å². The molecule has 0 unspecified atom stereocenters. The van der Waals surface area contributed by atoms with Crippen LogP contribution < -0.4 is 5.32 Å². The van der Waals surface area contributed by atoms with Gasteiger partial charge in [-0.05, 0) is 24.6 Å². The van der Waals surface area contributed by atoms with Gasteiger partial charge in [-0.2, -0.15) is 5.26 Å². The van der Waals surface area contributed by atoms with Crippen LogP contribution in [0, 0.1) is 11.3 Å². The number of nitriles is 1. The number of nitrogens with one attached hydrogen (secondary N) is 1. The van der Waals surface area contributed by atoms with Crippen LogP contribution >= 0.6 is 11.6 Å². The molecule has 0 bridgehead atoms. The van der Waals surface area contributed by atoms with Crippen molar-refractivity contribution < 1.29 is 0 Å². The molecule has 0 aliphatic heterocycles. The van der Waals surface area contributed by atoms with Crippen molar-refractivity contribution in [3.05, 3.63) is 34.9 Å². The summed E-state index contributed by atoms with van der Waals surface area (Å²) in [5, 5.41) is 12.4. The van der Waals surface area contributed by atoms with Gasteiger partial charge >= 0.3 is 0 Å². The van der Waals surface area contributed by atoms with Gasteiger partial charge in [-0.1, -0.05) is 23.7 Å². The van der Waals surface area contributed by atoms with Gasteiger partial charge in [-0.3, -0.25) is 0 Å². The minimum Gasteiger partial charge on any atom is -0.309 e. The molecule has 0 fully saturated rings. The topological polar surface area (TPSA) is 35.8 Å². The van der Waals surface area contributed by atoms with Gasteiger partial charge in [-0.25, -0.2) is 0 Å². The van der Waals surface area contributed by atoms with E-state index in [9.17, 15) is 0 Å². The Kier molecular flexibility index (Phi) is 4.45. The molecule has 2 nitrogen and oxygen atoms in total. The fourth-order valence-electron chi connectivity index (χ4n) is 1.24. The Morgan fingerprint density at radius 2 is 2.36 bits per heavy atom. The number of halogens is 1. The van der Waals surface area contributed by atoms with Crippen LogP contribution in [0.5, 0.6) is 0 Å². The van der Waals surface area contributed by atoms with Crippen LogP contribution in [0.3, 0.4) is 0 Å². The van der Waals surface area contributed by atoms with Crippen LogP contribution in [-0.4, -0.2) is 6.54 Å². The lowest BCUT2D eigenvalue weighted by Gasteiger charge is -2.12. The van der Waals surface area contributed by atoms with Gasteiger partial charge in [-0.15, -0.1) is 0 Å². The number of hydrogen-bond acceptors (Lipinski definition) is 2. The van der Waals surface area contributed by atoms with Crippen molar-refractivity contribution in [1.29, 1.82) is 5.26 Å². The predicted octanol–water partition coefficient (Wildman–Crippen LogP) is 2.90. The zero-order chi connectivity index (χ0) is 10.4. The quantitative estimate of drug-likeness (QED) is 0.773. The largest absolute Gasteiger partial charge is 0.309 e. The van der Waals surface area contributed by atoms with Crippen LogP contribution in [-0.2, 0) is 0 Å². The van der Waals surface area contributed by atoms with Gasteiger partial charge in [0.15, 0.2) is 0 Å². The summed E-state index contributed by atoms with van der Waals surface area (Å²) in [4.78, 5) is 0. The number of hydrogen-bond donors (Lipinski definition) is 1. The summed E-state index contributed by atoms with van der Waals surface area (Å²) in [7, 11) is 0. The van der Waals surface area contributed by atoms with E-state index in [-0.39, 0.29) is 6.04 Å². The summed E-state index contributed by atoms with van der Waals surface area (Å²) in [6, 6.07) is 10.1. The normalized spacial score (nSPS) is 12.1. The first-order chi connectivity index (χ1) is 6.74. The van der Waals surface area contributed by atoms with Crippen LogP contribution in [0.4, 0.5) is 0 Å². The molecule has 0 saturated heterocycles. The first-order valence-corrected chi connectivity index (χ1v) is 4.97. The van der Waals surface area contributed by atoms with Crippen LogP contribution in [0.15, 0.2) is 24.3 Å². The molecule has 1 N–H and O–H groups in total. The average Bonchev–Trinajstić information content (AvgIpc) is 2.18. The Morgan fingerprint density at radius 1 is 1.57 bits per heavy atom. The lowest BCUT2D eigenvalue weighted by Crippen LogP contribution is -2.19. The van der Waals surface area contributed by atoms with Gasteiger partial charge in [0.1, 0.15) is 0 Å². The second kappa shape index (κ2) is 5.64. The lowest BCUT2D eigenvalue weighted by molar-refractivity contribution is 0.583. The van der Waals surface area contributed by atoms with Crippen LogP contribution in [0.2, 0.25) is 5.02 Å². The molecule has 0 aliphatic rings. The van der Waals surface area contributed by atoms with Crippen molar-refractivity contribution >= 4 is 11.6 Å². The van der Waals surface area contributed by atoms with E-state index in [1.165, 1.54) is 0 Å². The molecule has 3 heteroatoms. The van der Waals surface area contributed by atoms with Gasteiger partial charge in [0.2, 0.25) is 0 Å². The standard InChI is InChI=1S/C11H13ClN2/c1-9(14-7-3-6-13)10-4-2-5-11(12)8-10/h2,4-5,8-9,14H,3,7H2,1H3/t9-/m1/s1. The first-order valence-electron chi connectivity index (χ1n) is 4.60. The summed E-state index contributed by atoms with van der Waals surface area (Å²) in [6.45, 7) is 2.77. The molecule has 0 heterocycles. The Morgan fingerprint density at radius 3 is 3.00 bits per heavy atom. The highest BCUT2D eigenvalue weighted by Gasteiger charge is 2.03. The molecule has 0 aromatic heterocycles. The Balaban J connectivity index is 2.52. The van der Waals surface area contributed by atoms with Crippen molar-refractivity contribution in [2.24, 2.45) is 0 Å². The van der Waals surface area contributed by atoms with Crippen LogP contribution in [0.25, 0.3) is 0 Å². The summed E-state index contributed by atoms with van der Waals surface area (Å²) >= 11 is 5.87. The predicted molar refractivity (Wildman–Crippen MR) is 58.1 cm³/mol. The molecule has 1 aromatic rings. The zero-order valence-corrected chi connectivity index (χ0v) is 8.88. The van der Waals surface area contributed by atoms with E-state index in [0.29, 0.717) is 13.0 Å². The maximum atomic E-state index is 8.38. The third-order valence-corrected chi connectivity index (χ3v) is 2.27. The molecule has 1 rings (SSSR count). The van der Waals surface area contributed by atoms with Crippen molar-refractivity contribution in [3.8, 4) is 6.07 Å². The van der Waals surface area contributed by atoms with Gasteiger partial charge in [0.25, 0.3) is 0 Å². The Hall–Kier alpha value is -1.04. The maximum Gasteiger partial charge on any atom is 0.0635 e. The van der Waals surface area contributed by atoms with Crippen molar-refractivity contribution in [1.82, 2.24) is 5.32 Å². The summed E-state index contributed by atoms with van der Waals surface area (Å²) in [5.41, 5.74) is 1.15. The summed E-state index contributed by atoms with van der Waals surface area (Å²) in [6.07, 6.45) is 0.533.